The third-order valence-electron chi connectivity index (χ3n) is 3.98. The minimum atomic E-state index is -0.271. The summed E-state index contributed by atoms with van der Waals surface area (Å²) in [7, 11) is 0. The molecule has 1 aromatic carbocycles. The molecule has 0 radical (unpaired) electrons. The van der Waals surface area contributed by atoms with Gasteiger partial charge in [-0.3, -0.25) is 9.78 Å². The van der Waals surface area contributed by atoms with Crippen LogP contribution in [0.3, 0.4) is 0 Å². The number of benzene rings is 1. The zero-order valence-corrected chi connectivity index (χ0v) is 16.2. The molecule has 0 unspecified atom stereocenters. The summed E-state index contributed by atoms with van der Waals surface area (Å²) in [6.07, 6.45) is 9.69. The normalized spacial score (nSPS) is 10.7. The van der Waals surface area contributed by atoms with Crippen molar-refractivity contribution < 1.29 is 9.18 Å². The summed E-state index contributed by atoms with van der Waals surface area (Å²) in [4.78, 5) is 20.6. The zero-order chi connectivity index (χ0) is 18.4. The van der Waals surface area contributed by atoms with Gasteiger partial charge in [0.1, 0.15) is 5.82 Å². The largest absolute Gasteiger partial charge is 0.352 e. The first-order valence-corrected chi connectivity index (χ1v) is 9.32. The van der Waals surface area contributed by atoms with E-state index in [-0.39, 0.29) is 11.7 Å². The molecule has 134 valence electrons. The standard InChI is InChI=1S/C19H18FIN4O/c20-18-11-16(21)3-2-14(18)10-15-12-22-6-4-17(15)19(26)24-5-1-8-25-9-7-23-13-25/h2-4,6-7,9,11-13H,1,5,8,10H2,(H,24,26). The Balaban J connectivity index is 1.63. The molecule has 0 aliphatic rings. The molecule has 3 aromatic rings. The van der Waals surface area contributed by atoms with Gasteiger partial charge >= 0.3 is 0 Å². The molecule has 0 bridgehead atoms. The number of carbonyl (C=O) groups is 1. The molecule has 5 nitrogen and oxygen atoms in total. The van der Waals surface area contributed by atoms with E-state index in [1.54, 1.807) is 37.1 Å². The first kappa shape index (κ1) is 18.5. The molecule has 26 heavy (non-hydrogen) atoms. The lowest BCUT2D eigenvalue weighted by molar-refractivity contribution is 0.0951. The van der Waals surface area contributed by atoms with E-state index < -0.39 is 0 Å². The molecule has 2 aromatic heterocycles. The fraction of sp³-hybridized carbons (Fsp3) is 0.211. The van der Waals surface area contributed by atoms with Crippen LogP contribution in [0.2, 0.25) is 0 Å². The second kappa shape index (κ2) is 8.88. The van der Waals surface area contributed by atoms with Crippen molar-refractivity contribution in [2.75, 3.05) is 6.54 Å². The van der Waals surface area contributed by atoms with Crippen LogP contribution < -0.4 is 5.32 Å². The Morgan fingerprint density at radius 2 is 2.08 bits per heavy atom. The monoisotopic (exact) mass is 464 g/mol. The first-order chi connectivity index (χ1) is 12.6. The summed E-state index contributed by atoms with van der Waals surface area (Å²) in [5, 5.41) is 2.92. The quantitative estimate of drug-likeness (QED) is 0.431. The van der Waals surface area contributed by atoms with Crippen LogP contribution in [-0.2, 0) is 13.0 Å². The van der Waals surface area contributed by atoms with Crippen LogP contribution in [0, 0.1) is 9.39 Å². The minimum Gasteiger partial charge on any atom is -0.352 e. The molecule has 0 saturated carbocycles. The first-order valence-electron chi connectivity index (χ1n) is 8.24. The van der Waals surface area contributed by atoms with E-state index in [1.807, 2.05) is 16.8 Å². The molecule has 0 atom stereocenters. The Labute approximate surface area is 164 Å². The van der Waals surface area contributed by atoms with Crippen LogP contribution in [0.5, 0.6) is 0 Å². The number of hydrogen-bond acceptors (Lipinski definition) is 3. The van der Waals surface area contributed by atoms with E-state index in [0.717, 1.165) is 16.5 Å². The van der Waals surface area contributed by atoms with Crippen molar-refractivity contribution in [1.82, 2.24) is 19.9 Å². The second-order valence-corrected chi connectivity index (χ2v) is 7.10. The van der Waals surface area contributed by atoms with Crippen LogP contribution in [0.1, 0.15) is 27.9 Å². The summed E-state index contributed by atoms with van der Waals surface area (Å²) in [5.41, 5.74) is 1.79. The SMILES string of the molecule is O=C(NCCCn1ccnc1)c1ccncc1Cc1ccc(I)cc1F. The number of amides is 1. The number of imidazole rings is 1. The predicted molar refractivity (Wildman–Crippen MR) is 105 cm³/mol. The lowest BCUT2D eigenvalue weighted by atomic mass is 10.0. The average molecular weight is 464 g/mol. The summed E-state index contributed by atoms with van der Waals surface area (Å²) in [6.45, 7) is 1.34. The highest BCUT2D eigenvalue weighted by atomic mass is 127. The van der Waals surface area contributed by atoms with Crippen LogP contribution in [0.4, 0.5) is 4.39 Å². The Hall–Kier alpha value is -2.29. The van der Waals surface area contributed by atoms with E-state index in [2.05, 4.69) is 37.9 Å². The summed E-state index contributed by atoms with van der Waals surface area (Å²) >= 11 is 2.07. The zero-order valence-electron chi connectivity index (χ0n) is 14.0. The van der Waals surface area contributed by atoms with E-state index >= 15 is 0 Å². The Morgan fingerprint density at radius 1 is 1.19 bits per heavy atom. The lowest BCUT2D eigenvalue weighted by Gasteiger charge is -2.11. The van der Waals surface area contributed by atoms with Crippen LogP contribution in [-0.4, -0.2) is 27.0 Å². The molecule has 1 N–H and O–H groups in total. The number of aryl methyl sites for hydroxylation is 1. The van der Waals surface area contributed by atoms with Gasteiger partial charge in [-0.1, -0.05) is 6.07 Å². The van der Waals surface area contributed by atoms with Crippen LogP contribution >= 0.6 is 22.6 Å². The maximum atomic E-state index is 14.1. The van der Waals surface area contributed by atoms with Gasteiger partial charge in [0.05, 0.1) is 6.33 Å². The number of halogens is 2. The molecule has 3 rings (SSSR count). The van der Waals surface area contributed by atoms with E-state index in [4.69, 9.17) is 0 Å². The third kappa shape index (κ3) is 4.87. The van der Waals surface area contributed by atoms with Gasteiger partial charge in [-0.2, -0.15) is 0 Å². The maximum absolute atomic E-state index is 14.1. The number of rotatable bonds is 7. The number of hydrogen-bond donors (Lipinski definition) is 1. The van der Waals surface area contributed by atoms with Crippen molar-refractivity contribution in [2.24, 2.45) is 0 Å². The molecule has 0 fully saturated rings. The van der Waals surface area contributed by atoms with Crippen molar-refractivity contribution in [3.8, 4) is 0 Å². The average Bonchev–Trinajstić information content (AvgIpc) is 3.15. The van der Waals surface area contributed by atoms with E-state index in [1.165, 1.54) is 6.07 Å². The fourth-order valence-electron chi connectivity index (χ4n) is 2.64. The third-order valence-corrected chi connectivity index (χ3v) is 4.65. The van der Waals surface area contributed by atoms with Crippen molar-refractivity contribution >= 4 is 28.5 Å². The topological polar surface area (TPSA) is 59.8 Å². The van der Waals surface area contributed by atoms with E-state index in [9.17, 15) is 9.18 Å². The Kier molecular flexibility index (Phi) is 6.32. The minimum absolute atomic E-state index is 0.168. The van der Waals surface area contributed by atoms with Crippen molar-refractivity contribution in [2.45, 2.75) is 19.4 Å². The summed E-state index contributed by atoms with van der Waals surface area (Å²) in [5.74, 6) is -0.439. The Morgan fingerprint density at radius 3 is 2.85 bits per heavy atom. The molecule has 0 spiro atoms. The summed E-state index contributed by atoms with van der Waals surface area (Å²) < 4.78 is 16.9. The lowest BCUT2D eigenvalue weighted by Crippen LogP contribution is -2.26. The molecular formula is C19H18FIN4O. The molecular weight excluding hydrogens is 446 g/mol. The van der Waals surface area contributed by atoms with Gasteiger partial charge in [0, 0.05) is 53.4 Å². The second-order valence-electron chi connectivity index (χ2n) is 5.86. The Bertz CT molecular complexity index is 883. The van der Waals surface area contributed by atoms with Gasteiger partial charge in [0.15, 0.2) is 0 Å². The summed E-state index contributed by atoms with van der Waals surface area (Å²) in [6, 6.07) is 6.76. The van der Waals surface area contributed by atoms with Gasteiger partial charge in [-0.05, 0) is 58.3 Å². The van der Waals surface area contributed by atoms with Gasteiger partial charge in [0.2, 0.25) is 0 Å². The predicted octanol–water partition coefficient (Wildman–Crippen LogP) is 3.43. The van der Waals surface area contributed by atoms with Crippen LogP contribution in [0.25, 0.3) is 0 Å². The highest BCUT2D eigenvalue weighted by Crippen LogP contribution is 2.18. The number of carbonyl (C=O) groups excluding carboxylic acids is 1. The highest BCUT2D eigenvalue weighted by Gasteiger charge is 2.13. The van der Waals surface area contributed by atoms with Crippen LogP contribution in [0.15, 0.2) is 55.4 Å². The van der Waals surface area contributed by atoms with Gasteiger partial charge in [-0.15, -0.1) is 0 Å². The number of pyridine rings is 1. The number of nitrogens with one attached hydrogen (secondary N) is 1. The molecule has 7 heteroatoms. The van der Waals surface area contributed by atoms with Crippen molar-refractivity contribution in [1.29, 1.82) is 0 Å². The number of aromatic nitrogens is 3. The smallest absolute Gasteiger partial charge is 0.251 e. The van der Waals surface area contributed by atoms with Gasteiger partial charge in [-0.25, -0.2) is 9.37 Å². The molecule has 1 amide bonds. The van der Waals surface area contributed by atoms with Gasteiger partial charge < -0.3 is 9.88 Å². The van der Waals surface area contributed by atoms with Crippen molar-refractivity contribution in [3.05, 3.63) is 81.5 Å². The van der Waals surface area contributed by atoms with Gasteiger partial charge in [0.25, 0.3) is 5.91 Å². The molecule has 0 aliphatic carbocycles. The number of nitrogens with zero attached hydrogens (tertiary/aromatic N) is 3. The maximum Gasteiger partial charge on any atom is 0.251 e. The van der Waals surface area contributed by atoms with Crippen molar-refractivity contribution in [3.63, 3.8) is 0 Å². The highest BCUT2D eigenvalue weighted by molar-refractivity contribution is 14.1. The molecule has 0 saturated heterocycles. The van der Waals surface area contributed by atoms with E-state index in [0.29, 0.717) is 29.7 Å². The molecule has 0 aliphatic heterocycles. The molecule has 2 heterocycles. The fourth-order valence-corrected chi connectivity index (χ4v) is 3.09.